The first kappa shape index (κ1) is 21.3. The van der Waals surface area contributed by atoms with Gasteiger partial charge in [0.05, 0.1) is 25.8 Å². The molecule has 1 atom stereocenters. The second kappa shape index (κ2) is 9.89. The van der Waals surface area contributed by atoms with E-state index in [0.29, 0.717) is 11.3 Å². The summed E-state index contributed by atoms with van der Waals surface area (Å²) in [5, 5.41) is 5.54. The van der Waals surface area contributed by atoms with Crippen LogP contribution in [0.5, 0.6) is 0 Å². The van der Waals surface area contributed by atoms with Crippen LogP contribution in [0, 0.1) is 0 Å². The molecule has 7 nitrogen and oxygen atoms in total. The van der Waals surface area contributed by atoms with Crippen LogP contribution in [0.2, 0.25) is 0 Å². The summed E-state index contributed by atoms with van der Waals surface area (Å²) < 4.78 is 10.7. The Bertz CT molecular complexity index is 1030. The van der Waals surface area contributed by atoms with Crippen molar-refractivity contribution in [3.05, 3.63) is 88.3 Å². The summed E-state index contributed by atoms with van der Waals surface area (Å²) in [6.45, 7) is 0. The molecule has 0 radical (unpaired) electrons. The molecule has 154 valence electrons. The zero-order valence-electron chi connectivity index (χ0n) is 16.1. The van der Waals surface area contributed by atoms with Crippen LogP contribution in [0.3, 0.4) is 0 Å². The Balaban J connectivity index is 1.75. The zero-order chi connectivity index (χ0) is 21.5. The summed E-state index contributed by atoms with van der Waals surface area (Å²) in [5.74, 6) is -1.09. The number of furan rings is 1. The van der Waals surface area contributed by atoms with Gasteiger partial charge in [-0.3, -0.25) is 14.4 Å². The van der Waals surface area contributed by atoms with Crippen molar-refractivity contribution in [2.75, 3.05) is 12.4 Å². The maximum atomic E-state index is 12.8. The molecule has 0 fully saturated rings. The lowest BCUT2D eigenvalue weighted by Gasteiger charge is -2.18. The summed E-state index contributed by atoms with van der Waals surface area (Å²) in [7, 11) is 1.30. The van der Waals surface area contributed by atoms with Gasteiger partial charge in [0, 0.05) is 15.7 Å². The molecule has 0 aliphatic rings. The summed E-state index contributed by atoms with van der Waals surface area (Å²) >= 11 is 3.37. The highest BCUT2D eigenvalue weighted by Crippen LogP contribution is 2.21. The lowest BCUT2D eigenvalue weighted by atomic mass is 10.0. The van der Waals surface area contributed by atoms with Gasteiger partial charge in [-0.15, -0.1) is 0 Å². The summed E-state index contributed by atoms with van der Waals surface area (Å²) in [4.78, 5) is 36.8. The van der Waals surface area contributed by atoms with Crippen LogP contribution in [0.1, 0.15) is 38.9 Å². The predicted molar refractivity (Wildman–Crippen MR) is 114 cm³/mol. The highest BCUT2D eigenvalue weighted by atomic mass is 79.9. The third kappa shape index (κ3) is 5.57. The smallest absolute Gasteiger partial charge is 0.307 e. The monoisotopic (exact) mass is 470 g/mol. The number of halogens is 1. The number of benzene rings is 2. The topological polar surface area (TPSA) is 97.6 Å². The zero-order valence-corrected chi connectivity index (χ0v) is 17.6. The number of rotatable bonds is 7. The Kier molecular flexibility index (Phi) is 7.03. The van der Waals surface area contributed by atoms with E-state index in [2.05, 4.69) is 26.6 Å². The fourth-order valence-electron chi connectivity index (χ4n) is 2.78. The van der Waals surface area contributed by atoms with Crippen molar-refractivity contribution in [1.82, 2.24) is 5.32 Å². The average molecular weight is 471 g/mol. The van der Waals surface area contributed by atoms with Gasteiger partial charge in [0.25, 0.3) is 11.8 Å². The second-order valence-electron chi connectivity index (χ2n) is 6.37. The van der Waals surface area contributed by atoms with E-state index in [1.54, 1.807) is 36.4 Å². The van der Waals surface area contributed by atoms with Gasteiger partial charge >= 0.3 is 5.97 Å². The fourth-order valence-corrected chi connectivity index (χ4v) is 3.04. The Morgan fingerprint density at radius 2 is 1.80 bits per heavy atom. The fraction of sp³-hybridized carbons (Fsp3) is 0.136. The van der Waals surface area contributed by atoms with Crippen molar-refractivity contribution in [1.29, 1.82) is 0 Å². The largest absolute Gasteiger partial charge is 0.469 e. The van der Waals surface area contributed by atoms with Gasteiger partial charge in [0.15, 0.2) is 5.76 Å². The van der Waals surface area contributed by atoms with E-state index in [4.69, 9.17) is 9.15 Å². The maximum absolute atomic E-state index is 12.8. The van der Waals surface area contributed by atoms with E-state index >= 15 is 0 Å². The molecule has 0 saturated carbocycles. The lowest BCUT2D eigenvalue weighted by molar-refractivity contribution is -0.141. The van der Waals surface area contributed by atoms with E-state index < -0.39 is 17.9 Å². The van der Waals surface area contributed by atoms with Gasteiger partial charge in [0.2, 0.25) is 0 Å². The number of hydrogen-bond acceptors (Lipinski definition) is 5. The van der Waals surface area contributed by atoms with Crippen molar-refractivity contribution in [2.24, 2.45) is 0 Å². The lowest BCUT2D eigenvalue weighted by Crippen LogP contribution is -2.30. The molecule has 1 aromatic heterocycles. The predicted octanol–water partition coefficient (Wildman–Crippen LogP) is 4.33. The average Bonchev–Trinajstić information content (AvgIpc) is 3.29. The minimum absolute atomic E-state index is 0.0151. The summed E-state index contributed by atoms with van der Waals surface area (Å²) in [6, 6.07) is 16.4. The molecule has 2 aromatic carbocycles. The molecule has 8 heteroatoms. The van der Waals surface area contributed by atoms with Crippen molar-refractivity contribution in [3.8, 4) is 0 Å². The highest BCUT2D eigenvalue weighted by molar-refractivity contribution is 9.10. The summed E-state index contributed by atoms with van der Waals surface area (Å²) in [5.41, 5.74) is 1.54. The summed E-state index contributed by atoms with van der Waals surface area (Å²) in [6.07, 6.45) is 1.39. The number of carbonyl (C=O) groups excluding carboxylic acids is 3. The molecule has 2 N–H and O–H groups in total. The minimum Gasteiger partial charge on any atom is -0.469 e. The van der Waals surface area contributed by atoms with E-state index in [9.17, 15) is 14.4 Å². The van der Waals surface area contributed by atoms with Crippen LogP contribution in [-0.4, -0.2) is 24.9 Å². The van der Waals surface area contributed by atoms with Gasteiger partial charge in [-0.2, -0.15) is 0 Å². The Morgan fingerprint density at radius 3 is 2.47 bits per heavy atom. The number of esters is 1. The molecule has 30 heavy (non-hydrogen) atoms. The quantitative estimate of drug-likeness (QED) is 0.500. The van der Waals surface area contributed by atoms with Crippen molar-refractivity contribution < 1.29 is 23.5 Å². The molecule has 3 rings (SSSR count). The van der Waals surface area contributed by atoms with Gasteiger partial charge in [-0.25, -0.2) is 0 Å². The molecule has 0 bridgehead atoms. The standard InChI is InChI=1S/C22H19BrN2O5/c1-29-20(26)13-18(14-7-9-16(23)10-8-14)25-21(27)15-4-2-5-17(12-15)24-22(28)19-6-3-11-30-19/h2-12,18H,13H2,1H3,(H,24,28)(H,25,27). The molecule has 1 heterocycles. The molecular weight excluding hydrogens is 452 g/mol. The number of nitrogens with one attached hydrogen (secondary N) is 2. The van der Waals surface area contributed by atoms with Crippen LogP contribution in [0.4, 0.5) is 5.69 Å². The van der Waals surface area contributed by atoms with E-state index in [1.165, 1.54) is 13.4 Å². The van der Waals surface area contributed by atoms with Gasteiger partial charge in [-0.05, 0) is 48.0 Å². The van der Waals surface area contributed by atoms with E-state index in [0.717, 1.165) is 10.0 Å². The van der Waals surface area contributed by atoms with Crippen molar-refractivity contribution in [3.63, 3.8) is 0 Å². The van der Waals surface area contributed by atoms with Gasteiger partial charge < -0.3 is 19.8 Å². The first-order valence-electron chi connectivity index (χ1n) is 9.04. The van der Waals surface area contributed by atoms with Crippen LogP contribution in [0.25, 0.3) is 0 Å². The van der Waals surface area contributed by atoms with Crippen LogP contribution >= 0.6 is 15.9 Å². The third-order valence-electron chi connectivity index (χ3n) is 4.30. The van der Waals surface area contributed by atoms with Gasteiger partial charge in [0.1, 0.15) is 0 Å². The van der Waals surface area contributed by atoms with E-state index in [1.807, 2.05) is 24.3 Å². The number of ether oxygens (including phenoxy) is 1. The Labute approximate surface area is 181 Å². The first-order chi connectivity index (χ1) is 14.5. The molecule has 0 saturated heterocycles. The molecule has 0 spiro atoms. The van der Waals surface area contributed by atoms with Crippen LogP contribution < -0.4 is 10.6 Å². The number of carbonyl (C=O) groups is 3. The Hall–Kier alpha value is -3.39. The Morgan fingerprint density at radius 1 is 1.03 bits per heavy atom. The van der Waals surface area contributed by atoms with E-state index in [-0.39, 0.29) is 18.1 Å². The third-order valence-corrected chi connectivity index (χ3v) is 4.83. The molecule has 3 aromatic rings. The second-order valence-corrected chi connectivity index (χ2v) is 7.29. The highest BCUT2D eigenvalue weighted by Gasteiger charge is 2.20. The van der Waals surface area contributed by atoms with Crippen molar-refractivity contribution in [2.45, 2.75) is 12.5 Å². The number of amides is 2. The maximum Gasteiger partial charge on any atom is 0.307 e. The molecule has 2 amide bonds. The van der Waals surface area contributed by atoms with Gasteiger partial charge in [-0.1, -0.05) is 34.1 Å². The SMILES string of the molecule is COC(=O)CC(NC(=O)c1cccc(NC(=O)c2ccco2)c1)c1ccc(Br)cc1. The number of methoxy groups -OCH3 is 1. The number of hydrogen-bond donors (Lipinski definition) is 2. The van der Waals surface area contributed by atoms with Crippen molar-refractivity contribution >= 4 is 39.4 Å². The number of anilines is 1. The minimum atomic E-state index is -0.570. The normalized spacial score (nSPS) is 11.4. The molecular formula is C22H19BrN2O5. The molecule has 0 aliphatic carbocycles. The first-order valence-corrected chi connectivity index (χ1v) is 9.83. The molecule has 0 aliphatic heterocycles. The van der Waals surface area contributed by atoms with Crippen LogP contribution in [-0.2, 0) is 9.53 Å². The van der Waals surface area contributed by atoms with Crippen LogP contribution in [0.15, 0.2) is 75.8 Å². The molecule has 1 unspecified atom stereocenters.